The van der Waals surface area contributed by atoms with Crippen molar-refractivity contribution in [2.45, 2.75) is 33.0 Å². The topological polar surface area (TPSA) is 81.9 Å². The Labute approximate surface area is 165 Å². The molecule has 1 aromatic carbocycles. The number of rotatable bonds is 7. The van der Waals surface area contributed by atoms with E-state index in [9.17, 15) is 0 Å². The van der Waals surface area contributed by atoms with Crippen LogP contribution in [0.15, 0.2) is 29.3 Å². The van der Waals surface area contributed by atoms with Crippen molar-refractivity contribution in [3.63, 3.8) is 0 Å². The van der Waals surface area contributed by atoms with E-state index in [2.05, 4.69) is 27.6 Å². The fraction of sp³-hybridized carbons (Fsp3) is 0.500. The number of fused-ring (bicyclic) bond motifs is 1. The van der Waals surface area contributed by atoms with Gasteiger partial charge in [-0.15, -0.1) is 0 Å². The minimum atomic E-state index is -0.0753. The van der Waals surface area contributed by atoms with Crippen LogP contribution in [-0.2, 0) is 17.8 Å². The van der Waals surface area contributed by atoms with Crippen molar-refractivity contribution < 1.29 is 14.2 Å². The number of nitrogens with zero attached hydrogens (tertiary/aromatic N) is 3. The third kappa shape index (κ3) is 4.75. The van der Waals surface area contributed by atoms with Crippen molar-refractivity contribution in [3.8, 4) is 11.5 Å². The van der Waals surface area contributed by atoms with Gasteiger partial charge in [-0.1, -0.05) is 12.1 Å². The van der Waals surface area contributed by atoms with Gasteiger partial charge < -0.3 is 24.8 Å². The van der Waals surface area contributed by atoms with Gasteiger partial charge in [-0.2, -0.15) is 5.10 Å². The molecule has 0 saturated heterocycles. The summed E-state index contributed by atoms with van der Waals surface area (Å²) in [6.45, 7) is 7.24. The van der Waals surface area contributed by atoms with Crippen LogP contribution in [0.4, 0.5) is 0 Å². The number of aromatic nitrogens is 2. The van der Waals surface area contributed by atoms with E-state index >= 15 is 0 Å². The summed E-state index contributed by atoms with van der Waals surface area (Å²) in [7, 11) is 3.45. The first-order valence-electron chi connectivity index (χ1n) is 9.47. The van der Waals surface area contributed by atoms with Gasteiger partial charge in [0.15, 0.2) is 17.5 Å². The summed E-state index contributed by atoms with van der Waals surface area (Å²) in [4.78, 5) is 4.30. The highest BCUT2D eigenvalue weighted by atomic mass is 16.6. The van der Waals surface area contributed by atoms with Crippen LogP contribution in [0.5, 0.6) is 11.5 Å². The molecule has 1 aliphatic rings. The molecule has 8 heteroatoms. The molecule has 0 saturated carbocycles. The van der Waals surface area contributed by atoms with E-state index in [1.165, 1.54) is 5.56 Å². The molecule has 1 aliphatic heterocycles. The van der Waals surface area contributed by atoms with E-state index in [0.717, 1.165) is 29.4 Å². The highest BCUT2D eigenvalue weighted by Crippen LogP contribution is 2.30. The number of aliphatic imine (C=N–C) groups is 1. The second-order valence-electron chi connectivity index (χ2n) is 6.67. The Morgan fingerprint density at radius 2 is 2.07 bits per heavy atom. The number of ether oxygens (including phenoxy) is 3. The lowest BCUT2D eigenvalue weighted by molar-refractivity contribution is 0.0936. The van der Waals surface area contributed by atoms with Crippen molar-refractivity contribution in [2.24, 2.45) is 4.99 Å². The molecule has 28 heavy (non-hydrogen) atoms. The first-order chi connectivity index (χ1) is 13.6. The lowest BCUT2D eigenvalue weighted by Gasteiger charge is -2.27. The average Bonchev–Trinajstić information content (AvgIpc) is 2.99. The number of para-hydroxylation sites is 2. The fourth-order valence-corrected chi connectivity index (χ4v) is 3.15. The lowest BCUT2D eigenvalue weighted by atomic mass is 10.2. The Balaban J connectivity index is 1.51. The number of nitrogens with one attached hydrogen (secondary N) is 2. The predicted molar refractivity (Wildman–Crippen MR) is 108 cm³/mol. The lowest BCUT2D eigenvalue weighted by Crippen LogP contribution is -2.45. The Morgan fingerprint density at radius 1 is 1.29 bits per heavy atom. The van der Waals surface area contributed by atoms with Crippen LogP contribution in [0.3, 0.4) is 0 Å². The van der Waals surface area contributed by atoms with Gasteiger partial charge in [0.25, 0.3) is 0 Å². The van der Waals surface area contributed by atoms with Gasteiger partial charge in [0.2, 0.25) is 0 Å². The zero-order valence-corrected chi connectivity index (χ0v) is 17.0. The molecule has 0 spiro atoms. The number of hydrogen-bond acceptors (Lipinski definition) is 5. The first kappa shape index (κ1) is 20.0. The number of hydrogen-bond donors (Lipinski definition) is 2. The van der Waals surface area contributed by atoms with Gasteiger partial charge in [-0.25, -0.2) is 0 Å². The summed E-state index contributed by atoms with van der Waals surface area (Å²) >= 11 is 0. The first-order valence-corrected chi connectivity index (χ1v) is 9.47. The fourth-order valence-electron chi connectivity index (χ4n) is 3.15. The zero-order chi connectivity index (χ0) is 19.9. The monoisotopic (exact) mass is 387 g/mol. The molecule has 0 bridgehead atoms. The predicted octanol–water partition coefficient (Wildman–Crippen LogP) is 1.65. The smallest absolute Gasteiger partial charge is 0.191 e. The second-order valence-corrected chi connectivity index (χ2v) is 6.67. The van der Waals surface area contributed by atoms with E-state index in [4.69, 9.17) is 14.2 Å². The van der Waals surface area contributed by atoms with Crippen LogP contribution in [0, 0.1) is 13.8 Å². The van der Waals surface area contributed by atoms with E-state index < -0.39 is 0 Å². The largest absolute Gasteiger partial charge is 0.486 e. The molecular formula is C20H29N5O3. The Hall–Kier alpha value is -2.74. The molecule has 0 aliphatic carbocycles. The molecule has 0 fully saturated rings. The Morgan fingerprint density at radius 3 is 2.82 bits per heavy atom. The maximum atomic E-state index is 5.97. The third-order valence-corrected chi connectivity index (χ3v) is 4.76. The van der Waals surface area contributed by atoms with Crippen molar-refractivity contribution in [2.75, 3.05) is 33.9 Å². The summed E-state index contributed by atoms with van der Waals surface area (Å²) in [6.07, 6.45) is -0.0753. The van der Waals surface area contributed by atoms with Crippen LogP contribution in [0.1, 0.15) is 17.0 Å². The number of aryl methyl sites for hydroxylation is 1. The quantitative estimate of drug-likeness (QED) is 0.555. The minimum absolute atomic E-state index is 0.0753. The van der Waals surface area contributed by atoms with Crippen molar-refractivity contribution in [1.82, 2.24) is 20.4 Å². The zero-order valence-electron chi connectivity index (χ0n) is 17.0. The Kier molecular flexibility index (Phi) is 6.76. The molecule has 1 atom stereocenters. The van der Waals surface area contributed by atoms with Gasteiger partial charge in [0.1, 0.15) is 12.7 Å². The molecule has 1 unspecified atom stereocenters. The van der Waals surface area contributed by atoms with E-state index in [-0.39, 0.29) is 6.10 Å². The van der Waals surface area contributed by atoms with E-state index in [1.807, 2.05) is 35.9 Å². The molecule has 1 aromatic heterocycles. The van der Waals surface area contributed by atoms with Crippen LogP contribution in [0.2, 0.25) is 0 Å². The molecule has 8 nitrogen and oxygen atoms in total. The standard InChI is InChI=1S/C20H29N5O3/c1-14-17(15(2)25(24-14)9-10-26-4)12-23-20(21-3)22-11-16-13-27-18-7-5-6-8-19(18)28-16/h5-8,16H,9-13H2,1-4H3,(H2,21,22,23). The molecule has 2 heterocycles. The van der Waals surface area contributed by atoms with Crippen molar-refractivity contribution in [1.29, 1.82) is 0 Å². The van der Waals surface area contributed by atoms with Crippen molar-refractivity contribution >= 4 is 5.96 Å². The second kappa shape index (κ2) is 9.45. The van der Waals surface area contributed by atoms with Gasteiger partial charge in [-0.05, 0) is 26.0 Å². The van der Waals surface area contributed by atoms with Crippen LogP contribution in [-0.4, -0.2) is 55.8 Å². The molecule has 3 rings (SSSR count). The summed E-state index contributed by atoms with van der Waals surface area (Å²) in [5, 5.41) is 11.3. The molecule has 152 valence electrons. The van der Waals surface area contributed by atoms with E-state index in [0.29, 0.717) is 32.3 Å². The van der Waals surface area contributed by atoms with Gasteiger partial charge in [0.05, 0.1) is 25.4 Å². The number of methoxy groups -OCH3 is 1. The van der Waals surface area contributed by atoms with Crippen LogP contribution in [0.25, 0.3) is 0 Å². The normalized spacial score (nSPS) is 16.1. The highest BCUT2D eigenvalue weighted by Gasteiger charge is 2.20. The third-order valence-electron chi connectivity index (χ3n) is 4.76. The Bertz CT molecular complexity index is 818. The van der Waals surface area contributed by atoms with Gasteiger partial charge >= 0.3 is 0 Å². The maximum Gasteiger partial charge on any atom is 0.191 e. The van der Waals surface area contributed by atoms with Crippen LogP contribution >= 0.6 is 0 Å². The van der Waals surface area contributed by atoms with Crippen molar-refractivity contribution in [3.05, 3.63) is 41.2 Å². The average molecular weight is 387 g/mol. The number of guanidine groups is 1. The van der Waals surface area contributed by atoms with Gasteiger partial charge in [-0.3, -0.25) is 9.67 Å². The maximum absolute atomic E-state index is 5.97. The molecule has 0 radical (unpaired) electrons. The van der Waals surface area contributed by atoms with Gasteiger partial charge in [0, 0.05) is 32.0 Å². The summed E-state index contributed by atoms with van der Waals surface area (Å²) in [5.74, 6) is 2.28. The summed E-state index contributed by atoms with van der Waals surface area (Å²) in [5.41, 5.74) is 3.32. The number of benzene rings is 1. The SMILES string of the molecule is CN=C(NCc1c(C)nn(CCOC)c1C)NCC1COc2ccccc2O1. The van der Waals surface area contributed by atoms with Crippen LogP contribution < -0.4 is 20.1 Å². The summed E-state index contributed by atoms with van der Waals surface area (Å²) in [6, 6.07) is 7.71. The molecule has 2 N–H and O–H groups in total. The minimum Gasteiger partial charge on any atom is -0.486 e. The molecule has 0 amide bonds. The van der Waals surface area contributed by atoms with E-state index in [1.54, 1.807) is 14.2 Å². The highest BCUT2D eigenvalue weighted by molar-refractivity contribution is 5.79. The molecule has 2 aromatic rings. The molecular weight excluding hydrogens is 358 g/mol. The summed E-state index contributed by atoms with van der Waals surface area (Å²) < 4.78 is 18.9.